The van der Waals surface area contributed by atoms with E-state index in [4.69, 9.17) is 9.52 Å². The zero-order valence-corrected chi connectivity index (χ0v) is 11.1. The minimum absolute atomic E-state index is 0.00242. The normalized spacial score (nSPS) is 14.8. The maximum absolute atomic E-state index is 10.9. The molecule has 0 bridgehead atoms. The minimum Gasteiger partial charge on any atom is -0.475 e. The van der Waals surface area contributed by atoms with Gasteiger partial charge in [-0.05, 0) is 36.3 Å². The molecule has 0 aliphatic heterocycles. The van der Waals surface area contributed by atoms with E-state index in [1.54, 1.807) is 13.0 Å². The van der Waals surface area contributed by atoms with Gasteiger partial charge in [0.25, 0.3) is 0 Å². The fourth-order valence-corrected chi connectivity index (χ4v) is 2.62. The van der Waals surface area contributed by atoms with Crippen molar-refractivity contribution < 1.29 is 14.3 Å². The topological polar surface area (TPSA) is 94.0 Å². The summed E-state index contributed by atoms with van der Waals surface area (Å²) >= 11 is 1.45. The van der Waals surface area contributed by atoms with Crippen LogP contribution in [0.2, 0.25) is 0 Å². The first kappa shape index (κ1) is 12.2. The van der Waals surface area contributed by atoms with Crippen LogP contribution < -0.4 is 0 Å². The quantitative estimate of drug-likeness (QED) is 0.836. The first-order chi connectivity index (χ1) is 9.15. The van der Waals surface area contributed by atoms with Gasteiger partial charge in [-0.3, -0.25) is 0 Å². The Labute approximate surface area is 113 Å². The molecule has 2 heterocycles. The number of carbonyl (C=O) groups is 1. The van der Waals surface area contributed by atoms with Gasteiger partial charge in [0.2, 0.25) is 10.9 Å². The van der Waals surface area contributed by atoms with Crippen molar-refractivity contribution in [2.24, 2.45) is 0 Å². The van der Waals surface area contributed by atoms with E-state index in [0.717, 1.165) is 18.0 Å². The molecule has 0 atom stereocenters. The molecule has 7 nitrogen and oxygen atoms in total. The number of furan rings is 1. The van der Waals surface area contributed by atoms with Crippen molar-refractivity contribution in [3.8, 4) is 0 Å². The van der Waals surface area contributed by atoms with Crippen molar-refractivity contribution in [2.45, 2.75) is 36.7 Å². The van der Waals surface area contributed by atoms with Crippen molar-refractivity contribution in [1.29, 1.82) is 0 Å². The number of rotatable bonds is 5. The third-order valence-electron chi connectivity index (χ3n) is 2.86. The predicted octanol–water partition coefficient (Wildman–Crippen LogP) is 1.90. The fraction of sp³-hybridized carbons (Fsp3) is 0.455. The summed E-state index contributed by atoms with van der Waals surface area (Å²) in [5.74, 6) is 0.0838. The average Bonchev–Trinajstić information content (AvgIpc) is 2.98. The second-order valence-electron chi connectivity index (χ2n) is 4.46. The number of aromatic nitrogens is 4. The zero-order valence-electron chi connectivity index (χ0n) is 10.2. The third-order valence-corrected chi connectivity index (χ3v) is 3.82. The summed E-state index contributed by atoms with van der Waals surface area (Å²) in [6.45, 7) is 1.72. The minimum atomic E-state index is -1.04. The molecular formula is C11H12N4O3S. The molecule has 1 aliphatic rings. The standard InChI is InChI=1S/C11H12N4O3S/c1-6-4-8(18-9(6)10(16)17)5-19-11-12-13-14-15(11)7-2-3-7/h4,7H,2-3,5H2,1H3,(H,16,17). The lowest BCUT2D eigenvalue weighted by molar-refractivity contribution is 0.0659. The molecule has 1 N–H and O–H groups in total. The number of nitrogens with zero attached hydrogens (tertiary/aromatic N) is 4. The smallest absolute Gasteiger partial charge is 0.372 e. The van der Waals surface area contributed by atoms with Gasteiger partial charge in [-0.1, -0.05) is 11.8 Å². The summed E-state index contributed by atoms with van der Waals surface area (Å²) in [5, 5.41) is 21.2. The molecule has 0 saturated heterocycles. The fourth-order valence-electron chi connectivity index (χ4n) is 1.80. The van der Waals surface area contributed by atoms with Gasteiger partial charge < -0.3 is 9.52 Å². The van der Waals surface area contributed by atoms with Crippen LogP contribution in [0.15, 0.2) is 15.6 Å². The first-order valence-corrected chi connectivity index (χ1v) is 6.87. The molecular weight excluding hydrogens is 268 g/mol. The van der Waals surface area contributed by atoms with Gasteiger partial charge in [0.15, 0.2) is 0 Å². The molecule has 2 aromatic rings. The van der Waals surface area contributed by atoms with E-state index >= 15 is 0 Å². The van der Waals surface area contributed by atoms with Gasteiger partial charge in [0.1, 0.15) is 5.76 Å². The van der Waals surface area contributed by atoms with Crippen LogP contribution in [0.4, 0.5) is 0 Å². The SMILES string of the molecule is Cc1cc(CSc2nnnn2C2CC2)oc1C(=O)O. The van der Waals surface area contributed by atoms with E-state index < -0.39 is 5.97 Å². The van der Waals surface area contributed by atoms with Gasteiger partial charge in [0, 0.05) is 5.56 Å². The summed E-state index contributed by atoms with van der Waals surface area (Å²) in [7, 11) is 0. The van der Waals surface area contributed by atoms with Crippen LogP contribution in [0.3, 0.4) is 0 Å². The largest absolute Gasteiger partial charge is 0.475 e. The lowest BCUT2D eigenvalue weighted by Gasteiger charge is -2.00. The summed E-state index contributed by atoms with van der Waals surface area (Å²) < 4.78 is 7.11. The zero-order chi connectivity index (χ0) is 13.4. The van der Waals surface area contributed by atoms with Crippen LogP contribution in [-0.2, 0) is 5.75 Å². The highest BCUT2D eigenvalue weighted by atomic mass is 32.2. The molecule has 0 radical (unpaired) electrons. The maximum atomic E-state index is 10.9. The number of carboxylic acid groups (broad SMARTS) is 1. The molecule has 2 aromatic heterocycles. The summed E-state index contributed by atoms with van der Waals surface area (Å²) in [6.07, 6.45) is 2.23. The van der Waals surface area contributed by atoms with Gasteiger partial charge in [0.05, 0.1) is 11.8 Å². The number of aryl methyl sites for hydroxylation is 1. The van der Waals surface area contributed by atoms with E-state index in [1.807, 2.05) is 4.68 Å². The van der Waals surface area contributed by atoms with E-state index in [2.05, 4.69) is 15.5 Å². The number of hydrogen-bond acceptors (Lipinski definition) is 6. The van der Waals surface area contributed by atoms with Crippen LogP contribution in [0, 0.1) is 6.92 Å². The number of hydrogen-bond donors (Lipinski definition) is 1. The Morgan fingerprint density at radius 3 is 3.05 bits per heavy atom. The molecule has 19 heavy (non-hydrogen) atoms. The van der Waals surface area contributed by atoms with Gasteiger partial charge in [-0.2, -0.15) is 0 Å². The molecule has 0 unspecified atom stereocenters. The van der Waals surface area contributed by atoms with E-state index in [9.17, 15) is 4.79 Å². The lowest BCUT2D eigenvalue weighted by Crippen LogP contribution is -1.98. The highest BCUT2D eigenvalue weighted by Gasteiger charge is 2.28. The van der Waals surface area contributed by atoms with Crippen molar-refractivity contribution in [2.75, 3.05) is 0 Å². The van der Waals surface area contributed by atoms with Crippen LogP contribution in [0.5, 0.6) is 0 Å². The van der Waals surface area contributed by atoms with Crippen LogP contribution in [0.1, 0.15) is 40.8 Å². The van der Waals surface area contributed by atoms with E-state index in [-0.39, 0.29) is 5.76 Å². The van der Waals surface area contributed by atoms with Crippen LogP contribution in [-0.4, -0.2) is 31.3 Å². The highest BCUT2D eigenvalue weighted by molar-refractivity contribution is 7.98. The van der Waals surface area contributed by atoms with Crippen molar-refractivity contribution >= 4 is 17.7 Å². The highest BCUT2D eigenvalue weighted by Crippen LogP contribution is 2.37. The third kappa shape index (κ3) is 2.48. The van der Waals surface area contributed by atoms with E-state index in [0.29, 0.717) is 23.1 Å². The van der Waals surface area contributed by atoms with E-state index in [1.165, 1.54) is 11.8 Å². The monoisotopic (exact) mass is 280 g/mol. The summed E-state index contributed by atoms with van der Waals surface area (Å²) in [5.41, 5.74) is 0.630. The Morgan fingerprint density at radius 1 is 1.63 bits per heavy atom. The molecule has 1 saturated carbocycles. The Morgan fingerprint density at radius 2 is 2.42 bits per heavy atom. The Hall–Kier alpha value is -1.83. The molecule has 0 spiro atoms. The van der Waals surface area contributed by atoms with Gasteiger partial charge >= 0.3 is 5.97 Å². The number of thioether (sulfide) groups is 1. The Balaban J connectivity index is 1.70. The molecule has 1 fully saturated rings. The molecule has 0 amide bonds. The predicted molar refractivity (Wildman–Crippen MR) is 66.1 cm³/mol. The number of aromatic carboxylic acids is 1. The number of tetrazole rings is 1. The second kappa shape index (κ2) is 4.69. The first-order valence-electron chi connectivity index (χ1n) is 5.88. The molecule has 100 valence electrons. The summed E-state index contributed by atoms with van der Waals surface area (Å²) in [6, 6.07) is 2.16. The van der Waals surface area contributed by atoms with Crippen LogP contribution in [0.25, 0.3) is 0 Å². The lowest BCUT2D eigenvalue weighted by atomic mass is 10.3. The van der Waals surface area contributed by atoms with Crippen molar-refractivity contribution in [1.82, 2.24) is 20.2 Å². The molecule has 1 aliphatic carbocycles. The van der Waals surface area contributed by atoms with Gasteiger partial charge in [-0.25, -0.2) is 9.48 Å². The second-order valence-corrected chi connectivity index (χ2v) is 5.40. The number of carboxylic acids is 1. The summed E-state index contributed by atoms with van der Waals surface area (Å²) in [4.78, 5) is 10.9. The Bertz CT molecular complexity index is 617. The van der Waals surface area contributed by atoms with Gasteiger partial charge in [-0.15, -0.1) is 5.10 Å². The van der Waals surface area contributed by atoms with Crippen molar-refractivity contribution in [3.05, 3.63) is 23.2 Å². The maximum Gasteiger partial charge on any atom is 0.372 e. The Kier molecular flexibility index (Phi) is 3.02. The average molecular weight is 280 g/mol. The molecule has 8 heteroatoms. The van der Waals surface area contributed by atoms with Crippen LogP contribution >= 0.6 is 11.8 Å². The molecule has 0 aromatic carbocycles. The molecule has 3 rings (SSSR count). The van der Waals surface area contributed by atoms with Crippen molar-refractivity contribution in [3.63, 3.8) is 0 Å².